The van der Waals surface area contributed by atoms with E-state index in [0.717, 1.165) is 0 Å². The van der Waals surface area contributed by atoms with Gasteiger partial charge in [0.25, 0.3) is 0 Å². The molecule has 0 radical (unpaired) electrons. The molecule has 0 saturated carbocycles. The molecule has 0 aliphatic carbocycles. The number of fused-ring (bicyclic) bond motifs is 1. The zero-order chi connectivity index (χ0) is 17.1. The molecule has 2 aromatic rings. The number of benzene rings is 2. The number of ketones is 1. The Kier molecular flexibility index (Phi) is 4.62. The number of methoxy groups -OCH3 is 1. The van der Waals surface area contributed by atoms with E-state index in [0.29, 0.717) is 35.8 Å². The zero-order valence-electron chi connectivity index (χ0n) is 12.9. The molecular weight excluding hydrogens is 332 g/mol. The maximum atomic E-state index is 12.3. The normalized spacial score (nSPS) is 13.1. The van der Waals surface area contributed by atoms with E-state index in [2.05, 4.69) is 0 Å². The van der Waals surface area contributed by atoms with E-state index in [1.807, 2.05) is 0 Å². The van der Waals surface area contributed by atoms with Crippen molar-refractivity contribution < 1.29 is 24.1 Å². The standard InChI is InChI=1S/C18H15ClO5/c1-22-17-9-11(8-13(19)18(17)21)2-4-14(20)12-3-5-15-16(10-12)24-7-6-23-15/h2-5,8-10,21H,6-7H2,1H3/b4-2+. The van der Waals surface area contributed by atoms with Crippen LogP contribution in [0.5, 0.6) is 23.0 Å². The van der Waals surface area contributed by atoms with Gasteiger partial charge in [0.05, 0.1) is 12.1 Å². The average Bonchev–Trinajstić information content (AvgIpc) is 2.61. The number of halogens is 1. The summed E-state index contributed by atoms with van der Waals surface area (Å²) >= 11 is 5.93. The number of ether oxygens (including phenoxy) is 3. The van der Waals surface area contributed by atoms with Crippen molar-refractivity contribution in [3.63, 3.8) is 0 Å². The third kappa shape index (κ3) is 3.31. The summed E-state index contributed by atoms with van der Waals surface area (Å²) in [6.45, 7) is 0.968. The van der Waals surface area contributed by atoms with Crippen LogP contribution in [0, 0.1) is 0 Å². The van der Waals surface area contributed by atoms with Gasteiger partial charge in [0.15, 0.2) is 28.8 Å². The van der Waals surface area contributed by atoms with E-state index in [-0.39, 0.29) is 22.3 Å². The molecule has 0 aromatic heterocycles. The molecule has 1 heterocycles. The van der Waals surface area contributed by atoms with Crippen LogP contribution in [-0.2, 0) is 0 Å². The molecule has 24 heavy (non-hydrogen) atoms. The summed E-state index contributed by atoms with van der Waals surface area (Å²) in [7, 11) is 1.43. The molecule has 0 bridgehead atoms. The third-order valence-electron chi connectivity index (χ3n) is 3.52. The number of carbonyl (C=O) groups is 1. The summed E-state index contributed by atoms with van der Waals surface area (Å²) in [5.41, 5.74) is 1.13. The molecule has 0 amide bonds. The fourth-order valence-corrected chi connectivity index (χ4v) is 2.53. The van der Waals surface area contributed by atoms with Crippen LogP contribution in [0.25, 0.3) is 6.08 Å². The largest absolute Gasteiger partial charge is 0.503 e. The number of aromatic hydroxyl groups is 1. The van der Waals surface area contributed by atoms with Crippen molar-refractivity contribution in [3.05, 3.63) is 52.6 Å². The number of carbonyl (C=O) groups excluding carboxylic acids is 1. The lowest BCUT2D eigenvalue weighted by atomic mass is 10.1. The first-order valence-electron chi connectivity index (χ1n) is 7.27. The predicted octanol–water partition coefficient (Wildman–Crippen LogP) is 3.72. The van der Waals surface area contributed by atoms with Gasteiger partial charge in [0, 0.05) is 5.56 Å². The Bertz CT molecular complexity index is 813. The minimum atomic E-state index is -0.185. The zero-order valence-corrected chi connectivity index (χ0v) is 13.7. The number of phenols is 1. The van der Waals surface area contributed by atoms with Crippen LogP contribution < -0.4 is 14.2 Å². The van der Waals surface area contributed by atoms with E-state index >= 15 is 0 Å². The lowest BCUT2D eigenvalue weighted by molar-refractivity contribution is 0.104. The van der Waals surface area contributed by atoms with Crippen molar-refractivity contribution in [1.29, 1.82) is 0 Å². The smallest absolute Gasteiger partial charge is 0.185 e. The molecule has 3 rings (SSSR count). The molecule has 2 aromatic carbocycles. The second-order valence-electron chi connectivity index (χ2n) is 5.11. The summed E-state index contributed by atoms with van der Waals surface area (Å²) < 4.78 is 15.9. The van der Waals surface area contributed by atoms with Gasteiger partial charge in [-0.1, -0.05) is 17.7 Å². The Morgan fingerprint density at radius 2 is 1.96 bits per heavy atom. The molecule has 0 saturated heterocycles. The Hall–Kier alpha value is -2.66. The lowest BCUT2D eigenvalue weighted by Gasteiger charge is -2.18. The highest BCUT2D eigenvalue weighted by Gasteiger charge is 2.14. The first-order valence-corrected chi connectivity index (χ1v) is 7.65. The Balaban J connectivity index is 1.82. The summed E-state index contributed by atoms with van der Waals surface area (Å²) in [5, 5.41) is 9.87. The molecular formula is C18H15ClO5. The predicted molar refractivity (Wildman–Crippen MR) is 90.5 cm³/mol. The van der Waals surface area contributed by atoms with Crippen molar-refractivity contribution >= 4 is 23.5 Å². The number of hydrogen-bond donors (Lipinski definition) is 1. The summed E-state index contributed by atoms with van der Waals surface area (Å²) in [6, 6.07) is 8.20. The topological polar surface area (TPSA) is 65.0 Å². The van der Waals surface area contributed by atoms with Crippen LogP contribution in [0.1, 0.15) is 15.9 Å². The Morgan fingerprint density at radius 3 is 2.71 bits per heavy atom. The van der Waals surface area contributed by atoms with Crippen molar-refractivity contribution in [1.82, 2.24) is 0 Å². The van der Waals surface area contributed by atoms with E-state index in [9.17, 15) is 9.90 Å². The summed E-state index contributed by atoms with van der Waals surface area (Å²) in [6.07, 6.45) is 3.03. The maximum absolute atomic E-state index is 12.3. The van der Waals surface area contributed by atoms with Gasteiger partial charge in [-0.25, -0.2) is 0 Å². The highest BCUT2D eigenvalue weighted by Crippen LogP contribution is 2.35. The van der Waals surface area contributed by atoms with Gasteiger partial charge >= 0.3 is 0 Å². The van der Waals surface area contributed by atoms with E-state index < -0.39 is 0 Å². The van der Waals surface area contributed by atoms with Crippen molar-refractivity contribution in [3.8, 4) is 23.0 Å². The molecule has 124 valence electrons. The highest BCUT2D eigenvalue weighted by atomic mass is 35.5. The minimum Gasteiger partial charge on any atom is -0.503 e. The SMILES string of the molecule is COc1cc(/C=C/C(=O)c2ccc3c(c2)OCCO3)cc(Cl)c1O. The van der Waals surface area contributed by atoms with Gasteiger partial charge in [-0.15, -0.1) is 0 Å². The molecule has 5 nitrogen and oxygen atoms in total. The van der Waals surface area contributed by atoms with Gasteiger partial charge in [-0.3, -0.25) is 4.79 Å². The number of hydrogen-bond acceptors (Lipinski definition) is 5. The fraction of sp³-hybridized carbons (Fsp3) is 0.167. The Labute approximate surface area is 144 Å². The van der Waals surface area contributed by atoms with E-state index in [1.54, 1.807) is 36.4 Å². The summed E-state index contributed by atoms with van der Waals surface area (Å²) in [4.78, 5) is 12.3. The van der Waals surface area contributed by atoms with Crippen LogP contribution in [0.15, 0.2) is 36.4 Å². The lowest BCUT2D eigenvalue weighted by Crippen LogP contribution is -2.15. The van der Waals surface area contributed by atoms with Crippen LogP contribution in [0.4, 0.5) is 0 Å². The molecule has 6 heteroatoms. The van der Waals surface area contributed by atoms with Gasteiger partial charge in [0.1, 0.15) is 13.2 Å². The molecule has 0 fully saturated rings. The number of rotatable bonds is 4. The first kappa shape index (κ1) is 16.2. The summed E-state index contributed by atoms with van der Waals surface area (Å²) in [5.74, 6) is 1.13. The van der Waals surface area contributed by atoms with Crippen LogP contribution in [0.3, 0.4) is 0 Å². The highest BCUT2D eigenvalue weighted by molar-refractivity contribution is 6.32. The van der Waals surface area contributed by atoms with Crippen molar-refractivity contribution in [2.45, 2.75) is 0 Å². The minimum absolute atomic E-state index is 0.130. The average molecular weight is 347 g/mol. The van der Waals surface area contributed by atoms with E-state index in [1.165, 1.54) is 13.2 Å². The van der Waals surface area contributed by atoms with Gasteiger partial charge in [-0.2, -0.15) is 0 Å². The van der Waals surface area contributed by atoms with E-state index in [4.69, 9.17) is 25.8 Å². The molecule has 0 spiro atoms. The van der Waals surface area contributed by atoms with Crippen molar-refractivity contribution in [2.24, 2.45) is 0 Å². The van der Waals surface area contributed by atoms with Crippen LogP contribution >= 0.6 is 11.6 Å². The molecule has 0 atom stereocenters. The second-order valence-corrected chi connectivity index (χ2v) is 5.52. The quantitative estimate of drug-likeness (QED) is 0.675. The maximum Gasteiger partial charge on any atom is 0.185 e. The number of allylic oxidation sites excluding steroid dienone is 1. The van der Waals surface area contributed by atoms with Crippen LogP contribution in [-0.4, -0.2) is 31.2 Å². The second kappa shape index (κ2) is 6.84. The van der Waals surface area contributed by atoms with Gasteiger partial charge in [-0.05, 0) is 42.0 Å². The number of phenolic OH excluding ortho intramolecular Hbond substituents is 1. The molecule has 1 aliphatic rings. The van der Waals surface area contributed by atoms with Crippen LogP contribution in [0.2, 0.25) is 5.02 Å². The fourth-order valence-electron chi connectivity index (χ4n) is 2.31. The Morgan fingerprint density at radius 1 is 1.21 bits per heavy atom. The molecule has 1 N–H and O–H groups in total. The third-order valence-corrected chi connectivity index (χ3v) is 3.81. The first-order chi connectivity index (χ1) is 11.6. The molecule has 1 aliphatic heterocycles. The van der Waals surface area contributed by atoms with Gasteiger partial charge < -0.3 is 19.3 Å². The molecule has 0 unspecified atom stereocenters. The monoisotopic (exact) mass is 346 g/mol. The van der Waals surface area contributed by atoms with Crippen molar-refractivity contribution in [2.75, 3.05) is 20.3 Å². The van der Waals surface area contributed by atoms with Gasteiger partial charge in [0.2, 0.25) is 0 Å².